The van der Waals surface area contributed by atoms with Crippen molar-refractivity contribution >= 4 is 29.8 Å². The molecule has 1 unspecified atom stereocenters. The molecule has 0 bridgehead atoms. The Kier molecular flexibility index (Phi) is 12.5. The second-order valence-corrected chi connectivity index (χ2v) is 13.5. The molecule has 260 valence electrons. The van der Waals surface area contributed by atoms with Crippen LogP contribution < -0.4 is 16.6 Å². The summed E-state index contributed by atoms with van der Waals surface area (Å²) < 4.78 is 5.68. The van der Waals surface area contributed by atoms with Crippen molar-refractivity contribution < 1.29 is 34.1 Å². The quantitative estimate of drug-likeness (QED) is 0.0751. The van der Waals surface area contributed by atoms with E-state index in [-0.39, 0.29) is 37.2 Å². The summed E-state index contributed by atoms with van der Waals surface area (Å²) in [5.41, 5.74) is 5.06. The molecule has 49 heavy (non-hydrogen) atoms. The first kappa shape index (κ1) is 37.0. The number of carboxylic acid groups (broad SMARTS) is 1. The molecule has 0 fully saturated rings. The van der Waals surface area contributed by atoms with E-state index in [1.165, 1.54) is 6.08 Å². The van der Waals surface area contributed by atoms with Crippen LogP contribution in [-0.2, 0) is 19.1 Å². The number of hydrazine groups is 1. The number of allylic oxidation sites excluding steroid dienone is 1. The zero-order valence-corrected chi connectivity index (χ0v) is 28.5. The van der Waals surface area contributed by atoms with Gasteiger partial charge in [0.15, 0.2) is 5.78 Å². The van der Waals surface area contributed by atoms with Gasteiger partial charge in [-0.25, -0.2) is 10.6 Å². The Balaban J connectivity index is 1.71. The number of ketones is 1. The van der Waals surface area contributed by atoms with E-state index in [0.29, 0.717) is 5.56 Å². The minimum Gasteiger partial charge on any atom is -0.481 e. The average Bonchev–Trinajstić information content (AvgIpc) is 3.40. The molecule has 0 saturated heterocycles. The molecule has 2 amide bonds. The van der Waals surface area contributed by atoms with Crippen molar-refractivity contribution in [2.45, 2.75) is 52.5 Å². The number of carbonyl (C=O) groups is 4. The zero-order chi connectivity index (χ0) is 35.7. The van der Waals surface area contributed by atoms with Crippen molar-refractivity contribution in [1.29, 1.82) is 0 Å². The molecule has 4 rings (SSSR count). The van der Waals surface area contributed by atoms with E-state index in [1.807, 2.05) is 82.3 Å². The maximum absolute atomic E-state index is 14.8. The van der Waals surface area contributed by atoms with Crippen molar-refractivity contribution in [2.24, 2.45) is 34.9 Å². The van der Waals surface area contributed by atoms with Crippen LogP contribution in [0.5, 0.6) is 0 Å². The van der Waals surface area contributed by atoms with Gasteiger partial charge in [-0.3, -0.25) is 19.8 Å². The van der Waals surface area contributed by atoms with Crippen LogP contribution in [0.1, 0.15) is 63.1 Å². The number of benzene rings is 3. The van der Waals surface area contributed by atoms with Gasteiger partial charge in [0.05, 0.1) is 23.9 Å². The number of fused-ring (bicyclic) bond motifs is 3. The Morgan fingerprint density at radius 3 is 1.96 bits per heavy atom. The van der Waals surface area contributed by atoms with Crippen LogP contribution in [-0.4, -0.2) is 53.2 Å². The number of aliphatic hydroxyl groups excluding tert-OH is 1. The highest BCUT2D eigenvalue weighted by Gasteiger charge is 2.54. The smallest absolute Gasteiger partial charge is 0.407 e. The summed E-state index contributed by atoms with van der Waals surface area (Å²) >= 11 is 0. The summed E-state index contributed by atoms with van der Waals surface area (Å²) in [5.74, 6) is -0.689. The van der Waals surface area contributed by atoms with E-state index in [2.05, 4.69) is 10.7 Å². The number of hydrogen-bond donors (Lipinski definition) is 5. The van der Waals surface area contributed by atoms with Gasteiger partial charge in [0, 0.05) is 5.92 Å². The molecule has 1 aliphatic rings. The number of carboxylic acids is 1. The van der Waals surface area contributed by atoms with Gasteiger partial charge in [-0.2, -0.15) is 0 Å². The van der Waals surface area contributed by atoms with Gasteiger partial charge >= 0.3 is 12.1 Å². The third-order valence-corrected chi connectivity index (χ3v) is 9.14. The maximum Gasteiger partial charge on any atom is 0.407 e. The summed E-state index contributed by atoms with van der Waals surface area (Å²) in [7, 11) is 0. The van der Waals surface area contributed by atoms with E-state index in [4.69, 9.17) is 10.6 Å². The fourth-order valence-corrected chi connectivity index (χ4v) is 7.18. The van der Waals surface area contributed by atoms with Gasteiger partial charge in [0.1, 0.15) is 12.6 Å². The molecule has 3 aromatic rings. The minimum absolute atomic E-state index is 0.00144. The number of aliphatic carboxylic acids is 1. The van der Waals surface area contributed by atoms with Crippen molar-refractivity contribution in [3.63, 3.8) is 0 Å². The van der Waals surface area contributed by atoms with Crippen LogP contribution in [0.25, 0.3) is 17.2 Å². The lowest BCUT2D eigenvalue weighted by atomic mass is 9.60. The number of nitrogens with one attached hydrogen (secondary N) is 2. The van der Waals surface area contributed by atoms with Gasteiger partial charge in [-0.15, -0.1) is 0 Å². The molecule has 3 aromatic carbocycles. The van der Waals surface area contributed by atoms with Crippen LogP contribution >= 0.6 is 0 Å². The molecule has 0 aliphatic heterocycles. The summed E-state index contributed by atoms with van der Waals surface area (Å²) in [6, 6.07) is 23.2. The zero-order valence-electron chi connectivity index (χ0n) is 28.5. The summed E-state index contributed by atoms with van der Waals surface area (Å²) in [4.78, 5) is 54.7. The molecular weight excluding hydrogens is 622 g/mol. The first-order valence-electron chi connectivity index (χ1n) is 16.7. The average molecular weight is 670 g/mol. The fraction of sp³-hybridized carbons (Fsp3) is 0.385. The Hall–Kier alpha value is -4.80. The lowest BCUT2D eigenvalue weighted by molar-refractivity contribution is -0.158. The first-order valence-corrected chi connectivity index (χ1v) is 16.7. The monoisotopic (exact) mass is 669 g/mol. The highest BCUT2D eigenvalue weighted by atomic mass is 16.5. The Labute approximate surface area is 287 Å². The minimum atomic E-state index is -1.86. The summed E-state index contributed by atoms with van der Waals surface area (Å²) in [6.07, 6.45) is 2.34. The van der Waals surface area contributed by atoms with Crippen LogP contribution in [0.4, 0.5) is 4.79 Å². The topological polar surface area (TPSA) is 168 Å². The van der Waals surface area contributed by atoms with Crippen LogP contribution in [0, 0.1) is 29.1 Å². The number of hydrogen-bond acceptors (Lipinski definition) is 7. The normalized spacial score (nSPS) is 15.6. The van der Waals surface area contributed by atoms with E-state index in [0.717, 1.165) is 22.3 Å². The van der Waals surface area contributed by atoms with E-state index in [9.17, 15) is 29.4 Å². The van der Waals surface area contributed by atoms with Gasteiger partial charge in [-0.1, -0.05) is 119 Å². The SMILES string of the molecule is CC(C)C[C@@H](C(=O)NN)[C@H](C(=O)O)C(/C=C/c1ccccc1)(CC(C)C)C(=O)[C@@H](CO)NC(=O)OCC1c2ccccc2-c2ccccc21. The van der Waals surface area contributed by atoms with Gasteiger partial charge in [-0.05, 0) is 52.5 Å². The molecule has 10 heteroatoms. The predicted molar refractivity (Wildman–Crippen MR) is 188 cm³/mol. The molecule has 1 aliphatic carbocycles. The number of amides is 2. The molecule has 4 atom stereocenters. The Morgan fingerprint density at radius 2 is 1.45 bits per heavy atom. The van der Waals surface area contributed by atoms with E-state index in [1.54, 1.807) is 30.3 Å². The Bertz CT molecular complexity index is 1610. The third-order valence-electron chi connectivity index (χ3n) is 9.14. The van der Waals surface area contributed by atoms with Gasteiger partial charge in [0.25, 0.3) is 0 Å². The largest absolute Gasteiger partial charge is 0.481 e. The number of Topliss-reactive ketones (excluding diaryl/α,β-unsaturated/α-hetero) is 1. The highest BCUT2D eigenvalue weighted by molar-refractivity contribution is 5.99. The van der Waals surface area contributed by atoms with Gasteiger partial charge < -0.3 is 20.3 Å². The summed E-state index contributed by atoms with van der Waals surface area (Å²) in [6.45, 7) is 6.51. The van der Waals surface area contributed by atoms with Crippen molar-refractivity contribution in [3.8, 4) is 11.1 Å². The third kappa shape index (κ3) is 8.44. The van der Waals surface area contributed by atoms with E-state index < -0.39 is 53.7 Å². The number of alkyl carbamates (subject to hydrolysis) is 1. The lowest BCUT2D eigenvalue weighted by Crippen LogP contribution is -2.57. The van der Waals surface area contributed by atoms with Gasteiger partial charge in [0.2, 0.25) is 5.91 Å². The summed E-state index contributed by atoms with van der Waals surface area (Å²) in [5, 5.41) is 23.9. The second kappa shape index (κ2) is 16.5. The Morgan fingerprint density at radius 1 is 0.878 bits per heavy atom. The predicted octanol–water partition coefficient (Wildman–Crippen LogP) is 5.55. The number of rotatable bonds is 16. The van der Waals surface area contributed by atoms with Crippen molar-refractivity contribution in [2.75, 3.05) is 13.2 Å². The molecule has 10 nitrogen and oxygen atoms in total. The number of ether oxygens (including phenoxy) is 1. The fourth-order valence-electron chi connectivity index (χ4n) is 7.18. The molecule has 0 radical (unpaired) electrons. The standard InChI is InChI=1S/C39H47N3O7/c1-24(2)20-31(36(45)42-40)34(37(46)47)39(21-25(3)4,19-18-26-12-6-5-7-13-26)35(44)33(22-43)41-38(48)49-23-32-29-16-10-8-14-27(29)28-15-9-11-17-30(28)32/h5-19,24-25,31-34,43H,20-23,40H2,1-4H3,(H,41,48)(H,42,45)(H,46,47)/b19-18+/t31-,33-,34-,39?/m1/s1. The molecule has 0 aromatic heterocycles. The molecule has 0 heterocycles. The van der Waals surface area contributed by atoms with E-state index >= 15 is 0 Å². The van der Waals surface area contributed by atoms with Crippen LogP contribution in [0.15, 0.2) is 84.9 Å². The molecule has 6 N–H and O–H groups in total. The van der Waals surface area contributed by atoms with Crippen LogP contribution in [0.2, 0.25) is 0 Å². The first-order chi connectivity index (χ1) is 23.4. The number of nitrogens with two attached hydrogens (primary N) is 1. The van der Waals surface area contributed by atoms with Crippen LogP contribution in [0.3, 0.4) is 0 Å². The maximum atomic E-state index is 14.8. The second-order valence-electron chi connectivity index (χ2n) is 13.5. The molecule has 0 spiro atoms. The van der Waals surface area contributed by atoms with Crippen molar-refractivity contribution in [3.05, 3.63) is 102 Å². The number of carbonyl (C=O) groups excluding carboxylic acids is 3. The van der Waals surface area contributed by atoms with Crippen molar-refractivity contribution in [1.82, 2.24) is 10.7 Å². The highest BCUT2D eigenvalue weighted by Crippen LogP contribution is 2.46. The lowest BCUT2D eigenvalue weighted by Gasteiger charge is -2.41. The molecule has 0 saturated carbocycles. The molecular formula is C39H47N3O7. The number of aliphatic hydroxyl groups is 1.